The summed E-state index contributed by atoms with van der Waals surface area (Å²) in [7, 11) is 4.44. The van der Waals surface area contributed by atoms with E-state index in [1.54, 1.807) is 0 Å². The first-order valence-corrected chi connectivity index (χ1v) is 6.72. The van der Waals surface area contributed by atoms with Crippen molar-refractivity contribution in [1.82, 2.24) is 9.88 Å². The van der Waals surface area contributed by atoms with Gasteiger partial charge in [0.1, 0.15) is 0 Å². The molecule has 0 spiro atoms. The van der Waals surface area contributed by atoms with Crippen molar-refractivity contribution in [2.45, 2.75) is 18.9 Å². The molecule has 0 saturated carbocycles. The second-order valence-electron chi connectivity index (χ2n) is 5.39. The maximum absolute atomic E-state index is 3.25. The molecule has 1 N–H and O–H groups in total. The Kier molecular flexibility index (Phi) is 3.00. The number of aromatic amines is 1. The van der Waals surface area contributed by atoms with E-state index in [-0.39, 0.29) is 0 Å². The van der Waals surface area contributed by atoms with Crippen LogP contribution in [0.1, 0.15) is 12.8 Å². The Labute approximate surface area is 108 Å². The van der Waals surface area contributed by atoms with Gasteiger partial charge in [-0.3, -0.25) is 0 Å². The van der Waals surface area contributed by atoms with E-state index in [1.807, 2.05) is 6.20 Å². The number of likely N-dealkylation sites (tertiary alicyclic amines) is 1. The van der Waals surface area contributed by atoms with Gasteiger partial charge >= 0.3 is 0 Å². The van der Waals surface area contributed by atoms with Crippen LogP contribution in [0.15, 0.2) is 30.5 Å². The smallest absolute Gasteiger partial charge is 0.0455 e. The van der Waals surface area contributed by atoms with Gasteiger partial charge in [0, 0.05) is 35.9 Å². The molecule has 96 valence electrons. The fraction of sp³-hybridized carbons (Fsp3) is 0.467. The molecular weight excluding hydrogens is 222 g/mol. The third kappa shape index (κ3) is 2.10. The standard InChI is InChI=1S/C15H21N3/c1-17-9-6-13(7-10-17)18(2)14-3-4-15-12(11-14)5-8-16-15/h3-5,8,11,13,16H,6-7,9-10H2,1-2H3. The summed E-state index contributed by atoms with van der Waals surface area (Å²) in [5.41, 5.74) is 2.55. The number of hydrogen-bond acceptors (Lipinski definition) is 2. The summed E-state index contributed by atoms with van der Waals surface area (Å²) in [6, 6.07) is 9.50. The molecule has 1 aliphatic heterocycles. The van der Waals surface area contributed by atoms with Crippen molar-refractivity contribution in [1.29, 1.82) is 0 Å². The van der Waals surface area contributed by atoms with E-state index < -0.39 is 0 Å². The van der Waals surface area contributed by atoms with Crippen molar-refractivity contribution >= 4 is 16.6 Å². The summed E-state index contributed by atoms with van der Waals surface area (Å²) in [4.78, 5) is 8.11. The minimum absolute atomic E-state index is 0.678. The summed E-state index contributed by atoms with van der Waals surface area (Å²) in [5.74, 6) is 0. The van der Waals surface area contributed by atoms with Gasteiger partial charge in [0.05, 0.1) is 0 Å². The van der Waals surface area contributed by atoms with E-state index >= 15 is 0 Å². The van der Waals surface area contributed by atoms with Crippen molar-refractivity contribution < 1.29 is 0 Å². The first-order valence-electron chi connectivity index (χ1n) is 6.72. The largest absolute Gasteiger partial charge is 0.371 e. The highest BCUT2D eigenvalue weighted by molar-refractivity contribution is 5.83. The quantitative estimate of drug-likeness (QED) is 0.876. The molecule has 0 radical (unpaired) electrons. The SMILES string of the molecule is CN1CCC(N(C)c2ccc3[nH]ccc3c2)CC1. The minimum Gasteiger partial charge on any atom is -0.371 e. The number of fused-ring (bicyclic) bond motifs is 1. The van der Waals surface area contributed by atoms with Crippen LogP contribution in [0.3, 0.4) is 0 Å². The number of benzene rings is 1. The van der Waals surface area contributed by atoms with Gasteiger partial charge in [0.25, 0.3) is 0 Å². The molecule has 1 aliphatic rings. The van der Waals surface area contributed by atoms with Gasteiger partial charge in [-0.05, 0) is 57.2 Å². The van der Waals surface area contributed by atoms with Crippen LogP contribution in [0.5, 0.6) is 0 Å². The minimum atomic E-state index is 0.678. The van der Waals surface area contributed by atoms with E-state index in [1.165, 1.54) is 42.5 Å². The predicted octanol–water partition coefficient (Wildman–Crippen LogP) is 2.70. The van der Waals surface area contributed by atoms with E-state index in [9.17, 15) is 0 Å². The van der Waals surface area contributed by atoms with Gasteiger partial charge in [-0.25, -0.2) is 0 Å². The molecule has 0 aliphatic carbocycles. The molecule has 18 heavy (non-hydrogen) atoms. The second kappa shape index (κ2) is 4.65. The monoisotopic (exact) mass is 243 g/mol. The Hall–Kier alpha value is -1.48. The summed E-state index contributed by atoms with van der Waals surface area (Å²) in [6.45, 7) is 2.42. The molecule has 3 rings (SSSR count). The Bertz CT molecular complexity index is 523. The van der Waals surface area contributed by atoms with Gasteiger partial charge in [-0.15, -0.1) is 0 Å². The number of nitrogens with one attached hydrogen (secondary N) is 1. The van der Waals surface area contributed by atoms with Crippen LogP contribution < -0.4 is 4.90 Å². The van der Waals surface area contributed by atoms with Crippen LogP contribution >= 0.6 is 0 Å². The fourth-order valence-corrected chi connectivity index (χ4v) is 2.85. The van der Waals surface area contributed by atoms with Gasteiger partial charge in [0.15, 0.2) is 0 Å². The van der Waals surface area contributed by atoms with Crippen LogP contribution in [0.4, 0.5) is 5.69 Å². The topological polar surface area (TPSA) is 22.3 Å². The Balaban J connectivity index is 1.80. The molecule has 0 atom stereocenters. The number of H-pyrrole nitrogens is 1. The van der Waals surface area contributed by atoms with Gasteiger partial charge < -0.3 is 14.8 Å². The lowest BCUT2D eigenvalue weighted by Gasteiger charge is -2.36. The van der Waals surface area contributed by atoms with E-state index in [0.29, 0.717) is 6.04 Å². The molecular formula is C15H21N3. The van der Waals surface area contributed by atoms with Crippen LogP contribution in [0.25, 0.3) is 10.9 Å². The lowest BCUT2D eigenvalue weighted by molar-refractivity contribution is 0.253. The highest BCUT2D eigenvalue weighted by atomic mass is 15.2. The number of rotatable bonds is 2. The maximum Gasteiger partial charge on any atom is 0.0455 e. The molecule has 3 heteroatoms. The van der Waals surface area contributed by atoms with E-state index in [0.717, 1.165) is 0 Å². The zero-order valence-electron chi connectivity index (χ0n) is 11.2. The highest BCUT2D eigenvalue weighted by Crippen LogP contribution is 2.25. The first-order chi connectivity index (χ1) is 8.74. The maximum atomic E-state index is 3.25. The lowest BCUT2D eigenvalue weighted by atomic mass is 10.0. The molecule has 0 bridgehead atoms. The Morgan fingerprint density at radius 2 is 2.00 bits per heavy atom. The third-order valence-corrected chi connectivity index (χ3v) is 4.18. The van der Waals surface area contributed by atoms with Gasteiger partial charge in [-0.1, -0.05) is 0 Å². The van der Waals surface area contributed by atoms with Crippen molar-refractivity contribution in [2.75, 3.05) is 32.1 Å². The number of anilines is 1. The second-order valence-corrected chi connectivity index (χ2v) is 5.39. The van der Waals surface area contributed by atoms with E-state index in [4.69, 9.17) is 0 Å². The predicted molar refractivity (Wildman–Crippen MR) is 77.2 cm³/mol. The van der Waals surface area contributed by atoms with Crippen LogP contribution in [-0.4, -0.2) is 43.1 Å². The average molecular weight is 243 g/mol. The highest BCUT2D eigenvalue weighted by Gasteiger charge is 2.20. The average Bonchev–Trinajstić information content (AvgIpc) is 2.86. The summed E-state index contributed by atoms with van der Waals surface area (Å²) >= 11 is 0. The van der Waals surface area contributed by atoms with Crippen molar-refractivity contribution in [2.24, 2.45) is 0 Å². The third-order valence-electron chi connectivity index (χ3n) is 4.18. The molecule has 3 nitrogen and oxygen atoms in total. The zero-order chi connectivity index (χ0) is 12.5. The zero-order valence-corrected chi connectivity index (χ0v) is 11.2. The van der Waals surface area contributed by atoms with Crippen LogP contribution in [-0.2, 0) is 0 Å². The molecule has 1 aromatic carbocycles. The molecule has 2 heterocycles. The molecule has 0 unspecified atom stereocenters. The number of piperidine rings is 1. The lowest BCUT2D eigenvalue weighted by Crippen LogP contribution is -2.41. The van der Waals surface area contributed by atoms with Crippen molar-refractivity contribution in [3.8, 4) is 0 Å². The normalized spacial score (nSPS) is 18.3. The summed E-state index contributed by atoms with van der Waals surface area (Å²) in [6.07, 6.45) is 4.53. The molecule has 1 fully saturated rings. The van der Waals surface area contributed by atoms with Gasteiger partial charge in [0.2, 0.25) is 0 Å². The van der Waals surface area contributed by atoms with Crippen molar-refractivity contribution in [3.63, 3.8) is 0 Å². The Morgan fingerprint density at radius 1 is 1.22 bits per heavy atom. The van der Waals surface area contributed by atoms with Crippen LogP contribution in [0, 0.1) is 0 Å². The van der Waals surface area contributed by atoms with Crippen molar-refractivity contribution in [3.05, 3.63) is 30.5 Å². The summed E-state index contributed by atoms with van der Waals surface area (Å²) in [5, 5.41) is 1.30. The number of hydrogen-bond donors (Lipinski definition) is 1. The fourth-order valence-electron chi connectivity index (χ4n) is 2.85. The van der Waals surface area contributed by atoms with E-state index in [2.05, 4.69) is 53.1 Å². The molecule has 1 saturated heterocycles. The molecule has 2 aromatic rings. The molecule has 1 aromatic heterocycles. The molecule has 0 amide bonds. The summed E-state index contributed by atoms with van der Waals surface area (Å²) < 4.78 is 0. The van der Waals surface area contributed by atoms with Gasteiger partial charge in [-0.2, -0.15) is 0 Å². The Morgan fingerprint density at radius 3 is 2.78 bits per heavy atom. The number of nitrogens with zero attached hydrogens (tertiary/aromatic N) is 2. The first kappa shape index (κ1) is 11.6. The van der Waals surface area contributed by atoms with Crippen LogP contribution in [0.2, 0.25) is 0 Å². The number of aromatic nitrogens is 1.